The van der Waals surface area contributed by atoms with Gasteiger partial charge in [0.05, 0.1) is 10.6 Å². The molecule has 0 spiro atoms. The van der Waals surface area contributed by atoms with E-state index in [9.17, 15) is 18.0 Å². The first-order valence-electron chi connectivity index (χ1n) is 6.58. The molecule has 0 bridgehead atoms. The fraction of sp³-hybridized carbons (Fsp3) is 0.133. The molecule has 0 unspecified atom stereocenters. The molecular formula is C15H11ClF3N3OS. The molecule has 0 saturated heterocycles. The highest BCUT2D eigenvalue weighted by Crippen LogP contribution is 2.32. The molecule has 0 radical (unpaired) electrons. The molecule has 4 nitrogen and oxygen atoms in total. The van der Waals surface area contributed by atoms with E-state index in [0.717, 1.165) is 11.6 Å². The third-order valence-electron chi connectivity index (χ3n) is 2.94. The summed E-state index contributed by atoms with van der Waals surface area (Å²) in [5.41, 5.74) is 0.400. The Labute approximate surface area is 146 Å². The maximum atomic E-state index is 12.5. The molecular weight excluding hydrogens is 363 g/mol. The first kappa shape index (κ1) is 18.2. The number of carbonyl (C=O) groups excluding carboxylic acids is 1. The number of benzene rings is 1. The van der Waals surface area contributed by atoms with Gasteiger partial charge in [-0.25, -0.2) is 4.98 Å². The van der Waals surface area contributed by atoms with Crippen molar-refractivity contribution in [2.24, 2.45) is 0 Å². The molecule has 24 heavy (non-hydrogen) atoms. The van der Waals surface area contributed by atoms with Crippen LogP contribution >= 0.6 is 23.8 Å². The number of nitrogens with one attached hydrogen (secondary N) is 2. The van der Waals surface area contributed by atoms with Gasteiger partial charge in [0.15, 0.2) is 10.9 Å². The van der Waals surface area contributed by atoms with Gasteiger partial charge in [-0.1, -0.05) is 29.3 Å². The lowest BCUT2D eigenvalue weighted by Gasteiger charge is -2.12. The van der Waals surface area contributed by atoms with Gasteiger partial charge in [0.2, 0.25) is 0 Å². The molecule has 0 aliphatic carbocycles. The van der Waals surface area contributed by atoms with Crippen molar-refractivity contribution >= 4 is 40.7 Å². The Bertz CT molecular complexity index is 779. The van der Waals surface area contributed by atoms with Gasteiger partial charge in [-0.2, -0.15) is 13.2 Å². The van der Waals surface area contributed by atoms with Gasteiger partial charge in [-0.05, 0) is 37.3 Å². The summed E-state index contributed by atoms with van der Waals surface area (Å²) >= 11 is 10.7. The third kappa shape index (κ3) is 4.65. The Hall–Kier alpha value is -2.19. The first-order chi connectivity index (χ1) is 11.2. The maximum Gasteiger partial charge on any atom is 0.417 e. The summed E-state index contributed by atoms with van der Waals surface area (Å²) in [5.74, 6) is -0.547. The minimum atomic E-state index is -4.55. The van der Waals surface area contributed by atoms with E-state index in [-0.39, 0.29) is 16.0 Å². The Morgan fingerprint density at radius 1 is 1.25 bits per heavy atom. The monoisotopic (exact) mass is 373 g/mol. The van der Waals surface area contributed by atoms with Gasteiger partial charge in [0, 0.05) is 11.8 Å². The normalized spacial score (nSPS) is 11.0. The van der Waals surface area contributed by atoms with Gasteiger partial charge >= 0.3 is 6.18 Å². The number of nitrogens with zero attached hydrogens (tertiary/aromatic N) is 1. The second kappa shape index (κ2) is 7.14. The lowest BCUT2D eigenvalue weighted by Crippen LogP contribution is -2.34. The van der Waals surface area contributed by atoms with E-state index in [1.807, 2.05) is 6.92 Å². The molecule has 0 saturated carbocycles. The van der Waals surface area contributed by atoms with E-state index in [4.69, 9.17) is 23.8 Å². The highest BCUT2D eigenvalue weighted by atomic mass is 35.5. The van der Waals surface area contributed by atoms with Crippen molar-refractivity contribution < 1.29 is 18.0 Å². The summed E-state index contributed by atoms with van der Waals surface area (Å²) in [5, 5.41) is 4.49. The fourth-order valence-corrected chi connectivity index (χ4v) is 2.11. The van der Waals surface area contributed by atoms with Crippen molar-refractivity contribution in [3.8, 4) is 0 Å². The minimum absolute atomic E-state index is 0.0844. The van der Waals surface area contributed by atoms with Crippen LogP contribution in [0.25, 0.3) is 0 Å². The predicted molar refractivity (Wildman–Crippen MR) is 89.1 cm³/mol. The van der Waals surface area contributed by atoms with Crippen LogP contribution in [0.4, 0.5) is 19.0 Å². The summed E-state index contributed by atoms with van der Waals surface area (Å²) in [6.07, 6.45) is -3.92. The number of alkyl halides is 3. The van der Waals surface area contributed by atoms with Crippen LogP contribution in [0, 0.1) is 6.92 Å². The zero-order valence-corrected chi connectivity index (χ0v) is 13.8. The zero-order chi connectivity index (χ0) is 17.9. The molecule has 126 valence electrons. The number of hydrogen-bond acceptors (Lipinski definition) is 3. The summed E-state index contributed by atoms with van der Waals surface area (Å²) < 4.78 is 37.6. The molecule has 0 atom stereocenters. The summed E-state index contributed by atoms with van der Waals surface area (Å²) in [4.78, 5) is 15.6. The van der Waals surface area contributed by atoms with Gasteiger partial charge in [0.1, 0.15) is 0 Å². The summed E-state index contributed by atoms with van der Waals surface area (Å²) in [6.45, 7) is 1.88. The quantitative estimate of drug-likeness (QED) is 0.775. The van der Waals surface area contributed by atoms with Crippen molar-refractivity contribution in [1.29, 1.82) is 0 Å². The van der Waals surface area contributed by atoms with Gasteiger partial charge in [-0.3, -0.25) is 10.1 Å². The van der Waals surface area contributed by atoms with Crippen LogP contribution < -0.4 is 10.6 Å². The van der Waals surface area contributed by atoms with Crippen LogP contribution in [0.5, 0.6) is 0 Å². The second-order valence-corrected chi connectivity index (χ2v) is 5.64. The number of halogens is 4. The molecule has 1 aromatic heterocycles. The number of pyridine rings is 1. The number of rotatable bonds is 2. The summed E-state index contributed by atoms with van der Waals surface area (Å²) in [7, 11) is 0. The van der Waals surface area contributed by atoms with Crippen LogP contribution in [0.2, 0.25) is 5.02 Å². The van der Waals surface area contributed by atoms with Gasteiger partial charge in [-0.15, -0.1) is 0 Å². The van der Waals surface area contributed by atoms with E-state index in [1.165, 1.54) is 0 Å². The van der Waals surface area contributed by atoms with Crippen molar-refractivity contribution in [2.75, 3.05) is 5.32 Å². The van der Waals surface area contributed by atoms with E-state index in [0.29, 0.717) is 11.8 Å². The van der Waals surface area contributed by atoms with E-state index in [2.05, 4.69) is 15.6 Å². The number of aryl methyl sites for hydroxylation is 1. The van der Waals surface area contributed by atoms with Crippen LogP contribution in [0.1, 0.15) is 21.5 Å². The lowest BCUT2D eigenvalue weighted by molar-refractivity contribution is -0.137. The average Bonchev–Trinajstić information content (AvgIpc) is 2.48. The van der Waals surface area contributed by atoms with E-state index >= 15 is 0 Å². The molecule has 2 rings (SSSR count). The average molecular weight is 374 g/mol. The van der Waals surface area contributed by atoms with Crippen molar-refractivity contribution in [1.82, 2.24) is 10.3 Å². The number of amides is 1. The SMILES string of the molecule is Cc1ccc(C(=O)NC(=S)Nc2ncc(C(F)(F)F)cc2Cl)cc1. The molecule has 1 aromatic carbocycles. The Morgan fingerprint density at radius 3 is 2.42 bits per heavy atom. The largest absolute Gasteiger partial charge is 0.417 e. The van der Waals surface area contributed by atoms with Crippen LogP contribution in [0.3, 0.4) is 0 Å². The van der Waals surface area contributed by atoms with Crippen molar-refractivity contribution in [2.45, 2.75) is 13.1 Å². The fourth-order valence-electron chi connectivity index (χ4n) is 1.70. The van der Waals surface area contributed by atoms with Crippen LogP contribution in [-0.4, -0.2) is 16.0 Å². The predicted octanol–water partition coefficient (Wildman–Crippen LogP) is 4.19. The topological polar surface area (TPSA) is 54.0 Å². The molecule has 2 aromatic rings. The molecule has 0 fully saturated rings. The molecule has 0 aliphatic heterocycles. The highest BCUT2D eigenvalue weighted by molar-refractivity contribution is 7.80. The number of aromatic nitrogens is 1. The van der Waals surface area contributed by atoms with Crippen LogP contribution in [-0.2, 0) is 6.18 Å². The molecule has 1 amide bonds. The summed E-state index contributed by atoms with van der Waals surface area (Å²) in [6, 6.07) is 7.49. The molecule has 1 heterocycles. The Balaban J connectivity index is 2.04. The number of thiocarbonyl (C=S) groups is 1. The molecule has 0 aliphatic rings. The molecule has 9 heteroatoms. The number of hydrogen-bond donors (Lipinski definition) is 2. The van der Waals surface area contributed by atoms with E-state index in [1.54, 1.807) is 24.3 Å². The van der Waals surface area contributed by atoms with Crippen molar-refractivity contribution in [3.05, 3.63) is 58.2 Å². The van der Waals surface area contributed by atoms with E-state index < -0.39 is 17.6 Å². The standard InChI is InChI=1S/C15H11ClF3N3OS/c1-8-2-4-9(5-3-8)13(23)22-14(24)21-12-11(16)6-10(7-20-12)15(17,18)19/h2-7H,1H3,(H2,20,21,22,23,24). The molecule has 2 N–H and O–H groups in total. The lowest BCUT2D eigenvalue weighted by atomic mass is 10.1. The smallest absolute Gasteiger partial charge is 0.316 e. The number of carbonyl (C=O) groups is 1. The Kier molecular flexibility index (Phi) is 5.40. The Morgan fingerprint density at radius 2 is 1.88 bits per heavy atom. The highest BCUT2D eigenvalue weighted by Gasteiger charge is 2.31. The van der Waals surface area contributed by atoms with Gasteiger partial charge < -0.3 is 5.32 Å². The minimum Gasteiger partial charge on any atom is -0.316 e. The van der Waals surface area contributed by atoms with Gasteiger partial charge in [0.25, 0.3) is 5.91 Å². The first-order valence-corrected chi connectivity index (χ1v) is 7.37. The van der Waals surface area contributed by atoms with Crippen LogP contribution in [0.15, 0.2) is 36.5 Å². The zero-order valence-electron chi connectivity index (χ0n) is 12.2. The third-order valence-corrected chi connectivity index (χ3v) is 3.43. The van der Waals surface area contributed by atoms with Crippen molar-refractivity contribution in [3.63, 3.8) is 0 Å². The maximum absolute atomic E-state index is 12.5. The second-order valence-electron chi connectivity index (χ2n) is 4.83. The number of anilines is 1.